The second kappa shape index (κ2) is 7.64. The lowest BCUT2D eigenvalue weighted by Gasteiger charge is -2.28. The van der Waals surface area contributed by atoms with Crippen LogP contribution in [0.4, 0.5) is 5.69 Å². The van der Waals surface area contributed by atoms with Crippen molar-refractivity contribution >= 4 is 54.3 Å². The molecule has 26 heavy (non-hydrogen) atoms. The number of nitrogens with zero attached hydrogens (tertiary/aromatic N) is 2. The second-order valence-electron chi connectivity index (χ2n) is 6.95. The molecule has 8 heteroatoms. The van der Waals surface area contributed by atoms with Crippen molar-refractivity contribution in [3.8, 4) is 0 Å². The van der Waals surface area contributed by atoms with Crippen molar-refractivity contribution in [2.45, 2.75) is 51.3 Å². The van der Waals surface area contributed by atoms with Crippen LogP contribution in [0.15, 0.2) is 21.6 Å². The summed E-state index contributed by atoms with van der Waals surface area (Å²) in [6.45, 7) is 6.05. The first kappa shape index (κ1) is 19.9. The van der Waals surface area contributed by atoms with Gasteiger partial charge in [0, 0.05) is 21.8 Å². The number of carbonyl (C=O) groups excluding carboxylic acids is 1. The number of anilines is 1. The summed E-state index contributed by atoms with van der Waals surface area (Å²) < 4.78 is 25.3. The Morgan fingerprint density at radius 1 is 1.31 bits per heavy atom. The Morgan fingerprint density at radius 3 is 2.58 bits per heavy atom. The number of hydrogen-bond acceptors (Lipinski definition) is 4. The molecule has 0 N–H and O–H groups in total. The van der Waals surface area contributed by atoms with Crippen LogP contribution in [-0.2, 0) is 14.6 Å². The van der Waals surface area contributed by atoms with Gasteiger partial charge in [-0.1, -0.05) is 41.0 Å². The van der Waals surface area contributed by atoms with E-state index < -0.39 is 9.84 Å². The molecular formula is C18H23BrN2O3S2. The van der Waals surface area contributed by atoms with Crippen molar-refractivity contribution in [1.82, 2.24) is 0 Å². The molecule has 1 aromatic carbocycles. The number of amidine groups is 1. The minimum atomic E-state index is -3.06. The Hall–Kier alpha value is -0.860. The number of fused-ring (bicyclic) bond motifs is 1. The summed E-state index contributed by atoms with van der Waals surface area (Å²) >= 11 is 4.94. The van der Waals surface area contributed by atoms with E-state index in [9.17, 15) is 13.2 Å². The van der Waals surface area contributed by atoms with Gasteiger partial charge in [-0.05, 0) is 43.5 Å². The molecule has 0 spiro atoms. The van der Waals surface area contributed by atoms with E-state index in [0.717, 1.165) is 34.1 Å². The minimum absolute atomic E-state index is 0.0693. The SMILES string of the molecule is CCCCC(=O)N=C1S[C@@H]2CS(=O)(=O)C[C@@H]2N1c1c(C)cc(Br)cc1C. The van der Waals surface area contributed by atoms with Gasteiger partial charge < -0.3 is 4.90 Å². The number of sulfone groups is 1. The van der Waals surface area contributed by atoms with Crippen LogP contribution in [0.1, 0.15) is 37.3 Å². The Balaban J connectivity index is 2.04. The van der Waals surface area contributed by atoms with E-state index in [1.54, 1.807) is 0 Å². The Morgan fingerprint density at radius 2 is 1.96 bits per heavy atom. The molecule has 2 atom stereocenters. The molecule has 0 unspecified atom stereocenters. The van der Waals surface area contributed by atoms with Gasteiger partial charge in [0.1, 0.15) is 0 Å². The van der Waals surface area contributed by atoms with E-state index in [-0.39, 0.29) is 28.7 Å². The first-order valence-corrected chi connectivity index (χ1v) is 12.3. The number of aliphatic imine (C=N–C) groups is 1. The van der Waals surface area contributed by atoms with Gasteiger partial charge in [0.25, 0.3) is 0 Å². The molecule has 0 aromatic heterocycles. The van der Waals surface area contributed by atoms with E-state index in [4.69, 9.17) is 0 Å². The summed E-state index contributed by atoms with van der Waals surface area (Å²) in [5.41, 5.74) is 3.04. The number of amides is 1. The highest BCUT2D eigenvalue weighted by atomic mass is 79.9. The van der Waals surface area contributed by atoms with Crippen LogP contribution in [0.2, 0.25) is 0 Å². The standard InChI is InChI=1S/C18H23BrN2O3S2/c1-4-5-6-16(22)20-18-21(14-9-26(23,24)10-15(14)25-18)17-11(2)7-13(19)8-12(17)3/h7-8,14-15H,4-6,9-10H2,1-3H3/t14-,15+/m0/s1. The molecule has 2 saturated heterocycles. The molecule has 2 heterocycles. The summed E-state index contributed by atoms with van der Waals surface area (Å²) in [7, 11) is -3.06. The smallest absolute Gasteiger partial charge is 0.248 e. The summed E-state index contributed by atoms with van der Waals surface area (Å²) in [4.78, 5) is 18.6. The third-order valence-electron chi connectivity index (χ3n) is 4.73. The zero-order valence-corrected chi connectivity index (χ0v) is 18.4. The van der Waals surface area contributed by atoms with Crippen LogP contribution in [-0.4, -0.2) is 42.3 Å². The average Bonchev–Trinajstić information content (AvgIpc) is 2.97. The quantitative estimate of drug-likeness (QED) is 0.684. The first-order chi connectivity index (χ1) is 12.2. The predicted molar refractivity (Wildman–Crippen MR) is 112 cm³/mol. The van der Waals surface area contributed by atoms with Gasteiger partial charge in [-0.15, -0.1) is 0 Å². The van der Waals surface area contributed by atoms with Crippen molar-refractivity contribution in [2.24, 2.45) is 4.99 Å². The molecular weight excluding hydrogens is 436 g/mol. The third kappa shape index (κ3) is 4.02. The number of aryl methyl sites for hydroxylation is 2. The lowest BCUT2D eigenvalue weighted by Crippen LogP contribution is -2.38. The molecule has 2 aliphatic rings. The highest BCUT2D eigenvalue weighted by Gasteiger charge is 2.49. The fourth-order valence-electron chi connectivity index (χ4n) is 3.60. The minimum Gasteiger partial charge on any atom is -0.315 e. The summed E-state index contributed by atoms with van der Waals surface area (Å²) in [5.74, 6) is 0.131. The van der Waals surface area contributed by atoms with Gasteiger partial charge in [-0.25, -0.2) is 8.42 Å². The van der Waals surface area contributed by atoms with Crippen LogP contribution >= 0.6 is 27.7 Å². The van der Waals surface area contributed by atoms with Crippen molar-refractivity contribution in [1.29, 1.82) is 0 Å². The fraction of sp³-hybridized carbons (Fsp3) is 0.556. The fourth-order valence-corrected chi connectivity index (χ4v) is 8.20. The van der Waals surface area contributed by atoms with Gasteiger partial charge in [0.15, 0.2) is 15.0 Å². The summed E-state index contributed by atoms with van der Waals surface area (Å²) in [6, 6.07) is 3.86. The van der Waals surface area contributed by atoms with Gasteiger partial charge in [0.05, 0.1) is 17.5 Å². The molecule has 2 aliphatic heterocycles. The number of halogens is 1. The van der Waals surface area contributed by atoms with Gasteiger partial charge in [-0.3, -0.25) is 4.79 Å². The van der Waals surface area contributed by atoms with E-state index >= 15 is 0 Å². The van der Waals surface area contributed by atoms with Crippen molar-refractivity contribution < 1.29 is 13.2 Å². The summed E-state index contributed by atoms with van der Waals surface area (Å²) in [6.07, 6.45) is 2.19. The summed E-state index contributed by atoms with van der Waals surface area (Å²) in [5, 5.41) is 0.574. The number of thioether (sulfide) groups is 1. The number of unbranched alkanes of at least 4 members (excludes halogenated alkanes) is 1. The highest BCUT2D eigenvalue weighted by molar-refractivity contribution is 9.10. The van der Waals surface area contributed by atoms with Crippen LogP contribution in [0.5, 0.6) is 0 Å². The molecule has 2 fully saturated rings. The Labute approximate surface area is 167 Å². The predicted octanol–water partition coefficient (Wildman–Crippen LogP) is 3.86. The molecule has 0 saturated carbocycles. The maximum atomic E-state index is 12.3. The van der Waals surface area contributed by atoms with E-state index in [0.29, 0.717) is 11.6 Å². The van der Waals surface area contributed by atoms with E-state index in [1.165, 1.54) is 11.8 Å². The normalized spacial score (nSPS) is 25.7. The lowest BCUT2D eigenvalue weighted by atomic mass is 10.1. The average molecular weight is 459 g/mol. The first-order valence-electron chi connectivity index (χ1n) is 8.76. The molecule has 142 valence electrons. The Bertz CT molecular complexity index is 844. The molecule has 5 nitrogen and oxygen atoms in total. The van der Waals surface area contributed by atoms with E-state index in [2.05, 4.69) is 20.9 Å². The van der Waals surface area contributed by atoms with Crippen LogP contribution in [0.3, 0.4) is 0 Å². The molecule has 0 radical (unpaired) electrons. The maximum absolute atomic E-state index is 12.3. The number of hydrogen-bond donors (Lipinski definition) is 0. The zero-order valence-electron chi connectivity index (χ0n) is 15.2. The molecule has 0 bridgehead atoms. The third-order valence-corrected chi connectivity index (χ3v) is 8.40. The Kier molecular flexibility index (Phi) is 5.84. The van der Waals surface area contributed by atoms with Crippen molar-refractivity contribution in [3.05, 3.63) is 27.7 Å². The van der Waals surface area contributed by atoms with Gasteiger partial charge in [0.2, 0.25) is 5.91 Å². The number of rotatable bonds is 4. The van der Waals surface area contributed by atoms with Crippen LogP contribution in [0.25, 0.3) is 0 Å². The lowest BCUT2D eigenvalue weighted by molar-refractivity contribution is -0.117. The van der Waals surface area contributed by atoms with Gasteiger partial charge in [-0.2, -0.15) is 4.99 Å². The van der Waals surface area contributed by atoms with Crippen LogP contribution in [0, 0.1) is 13.8 Å². The number of carbonyl (C=O) groups is 1. The number of benzene rings is 1. The second-order valence-corrected chi connectivity index (χ2v) is 11.2. The molecule has 3 rings (SSSR count). The topological polar surface area (TPSA) is 66.8 Å². The monoisotopic (exact) mass is 458 g/mol. The molecule has 0 aliphatic carbocycles. The highest BCUT2D eigenvalue weighted by Crippen LogP contribution is 2.43. The molecule has 1 amide bonds. The molecule has 1 aromatic rings. The van der Waals surface area contributed by atoms with Crippen molar-refractivity contribution in [3.63, 3.8) is 0 Å². The van der Waals surface area contributed by atoms with Gasteiger partial charge >= 0.3 is 0 Å². The van der Waals surface area contributed by atoms with Crippen molar-refractivity contribution in [2.75, 3.05) is 16.4 Å². The largest absolute Gasteiger partial charge is 0.315 e. The maximum Gasteiger partial charge on any atom is 0.248 e. The zero-order chi connectivity index (χ0) is 19.1. The van der Waals surface area contributed by atoms with Crippen LogP contribution < -0.4 is 4.90 Å². The van der Waals surface area contributed by atoms with E-state index in [1.807, 2.05) is 37.8 Å².